The molecule has 0 aliphatic carbocycles. The number of anilines is 1. The van der Waals surface area contributed by atoms with Gasteiger partial charge in [-0.05, 0) is 31.0 Å². The van der Waals surface area contributed by atoms with Gasteiger partial charge >= 0.3 is 12.1 Å². The first kappa shape index (κ1) is 23.6. The minimum Gasteiger partial charge on any atom is -0.480 e. The van der Waals surface area contributed by atoms with Crippen molar-refractivity contribution in [2.45, 2.75) is 49.1 Å². The summed E-state index contributed by atoms with van der Waals surface area (Å²) in [5, 5.41) is 14.5. The third-order valence-electron chi connectivity index (χ3n) is 5.81. The molecule has 0 aromatic heterocycles. The third kappa shape index (κ3) is 4.72. The van der Waals surface area contributed by atoms with Gasteiger partial charge in [0.05, 0.1) is 6.42 Å². The smallest absolute Gasteiger partial charge is 0.411 e. The second kappa shape index (κ2) is 9.38. The van der Waals surface area contributed by atoms with Crippen molar-refractivity contribution in [3.05, 3.63) is 65.7 Å². The van der Waals surface area contributed by atoms with Crippen LogP contribution in [0, 0.1) is 0 Å². The molecule has 34 heavy (non-hydrogen) atoms. The van der Waals surface area contributed by atoms with Crippen LogP contribution in [-0.4, -0.2) is 56.1 Å². The van der Waals surface area contributed by atoms with E-state index in [1.807, 2.05) is 30.3 Å². The van der Waals surface area contributed by atoms with Crippen LogP contribution in [0.5, 0.6) is 0 Å². The predicted molar refractivity (Wildman–Crippen MR) is 126 cm³/mol. The molecule has 0 bridgehead atoms. The van der Waals surface area contributed by atoms with E-state index in [-0.39, 0.29) is 13.0 Å². The molecule has 2 aromatic carbocycles. The summed E-state index contributed by atoms with van der Waals surface area (Å²) >= 11 is 1.37. The zero-order valence-electron chi connectivity index (χ0n) is 18.7. The normalized spacial score (nSPS) is 22.4. The van der Waals surface area contributed by atoms with E-state index in [1.54, 1.807) is 38.1 Å². The summed E-state index contributed by atoms with van der Waals surface area (Å²) in [6.45, 7) is 3.67. The van der Waals surface area contributed by atoms with Crippen LogP contribution in [0.1, 0.15) is 25.0 Å². The van der Waals surface area contributed by atoms with Gasteiger partial charge in [-0.15, -0.1) is 11.8 Å². The zero-order valence-corrected chi connectivity index (χ0v) is 19.5. The lowest BCUT2D eigenvalue weighted by Crippen LogP contribution is -2.70. The highest BCUT2D eigenvalue weighted by molar-refractivity contribution is 8.01. The molecule has 2 aliphatic heterocycles. The maximum Gasteiger partial charge on any atom is 0.411 e. The number of thioether (sulfide) groups is 1. The molecular formula is C24H25N3O6S. The molecule has 2 heterocycles. The summed E-state index contributed by atoms with van der Waals surface area (Å²) in [5.41, 5.74) is 1.84. The Hall–Kier alpha value is -3.53. The van der Waals surface area contributed by atoms with Gasteiger partial charge in [0.2, 0.25) is 11.8 Å². The molecule has 0 radical (unpaired) electrons. The first-order valence-electron chi connectivity index (χ1n) is 10.7. The number of carboxylic acid groups (broad SMARTS) is 1. The second-order valence-corrected chi connectivity index (χ2v) is 10.4. The fraction of sp³-hybridized carbons (Fsp3) is 0.333. The topological polar surface area (TPSA) is 125 Å². The molecule has 9 nitrogen and oxygen atoms in total. The molecule has 0 spiro atoms. The minimum atomic E-state index is -1.06. The number of hydrogen-bond donors (Lipinski definition) is 3. The Kier molecular flexibility index (Phi) is 6.52. The highest BCUT2D eigenvalue weighted by Gasteiger charge is 2.64. The van der Waals surface area contributed by atoms with Crippen molar-refractivity contribution < 1.29 is 29.0 Å². The molecule has 178 valence electrons. The summed E-state index contributed by atoms with van der Waals surface area (Å²) in [5.74, 6) is -1.86. The van der Waals surface area contributed by atoms with Crippen molar-refractivity contribution >= 4 is 41.3 Å². The van der Waals surface area contributed by atoms with Crippen LogP contribution in [0.2, 0.25) is 0 Å². The quantitative estimate of drug-likeness (QED) is 0.517. The Balaban J connectivity index is 1.35. The number of nitrogens with one attached hydrogen (secondary N) is 2. The number of ether oxygens (including phenoxy) is 1. The average molecular weight is 484 g/mol. The minimum absolute atomic E-state index is 0.0674. The lowest BCUT2D eigenvalue weighted by Gasteiger charge is -2.43. The van der Waals surface area contributed by atoms with Crippen molar-refractivity contribution in [2.24, 2.45) is 0 Å². The molecule has 2 aliphatic rings. The van der Waals surface area contributed by atoms with E-state index in [2.05, 4.69) is 10.6 Å². The number of benzene rings is 2. The van der Waals surface area contributed by atoms with E-state index in [9.17, 15) is 24.3 Å². The van der Waals surface area contributed by atoms with Crippen molar-refractivity contribution in [2.75, 3.05) is 5.32 Å². The number of fused-ring (bicyclic) bond motifs is 1. The Morgan fingerprint density at radius 2 is 1.76 bits per heavy atom. The maximum atomic E-state index is 12.7. The number of β-lactam (4-membered cyclic amide) rings is 1. The largest absolute Gasteiger partial charge is 0.480 e. The summed E-state index contributed by atoms with van der Waals surface area (Å²) in [6, 6.07) is 14.4. The standard InChI is InChI=1S/C24H25N3O6S/c1-24(2)19(22(30)31)27-20(29)18(21(27)34-24)26-17(28)12-15-10-6-7-11-16(15)25-23(32)33-13-14-8-4-3-5-9-14/h3-11,18-19,21H,12-13H2,1-2H3,(H,25,32)(H,26,28)(H,30,31)/t18?,19-,21+/m0/s1. The van der Waals surface area contributed by atoms with E-state index in [1.165, 1.54) is 16.7 Å². The lowest BCUT2D eigenvalue weighted by molar-refractivity contribution is -0.161. The number of hydrogen-bond acceptors (Lipinski definition) is 6. The first-order valence-corrected chi connectivity index (χ1v) is 11.6. The highest BCUT2D eigenvalue weighted by atomic mass is 32.2. The number of para-hydroxylation sites is 1. The number of aliphatic carboxylic acids is 1. The zero-order chi connectivity index (χ0) is 24.5. The Bertz CT molecular complexity index is 1120. The van der Waals surface area contributed by atoms with Crippen molar-refractivity contribution in [3.63, 3.8) is 0 Å². The van der Waals surface area contributed by atoms with Crippen molar-refractivity contribution in [3.8, 4) is 0 Å². The molecule has 1 unspecified atom stereocenters. The lowest BCUT2D eigenvalue weighted by atomic mass is 9.96. The van der Waals surface area contributed by atoms with Crippen LogP contribution in [0.25, 0.3) is 0 Å². The summed E-state index contributed by atoms with van der Waals surface area (Å²) in [7, 11) is 0. The van der Waals surface area contributed by atoms with Gasteiger partial charge in [-0.25, -0.2) is 9.59 Å². The fourth-order valence-corrected chi connectivity index (χ4v) is 5.83. The van der Waals surface area contributed by atoms with Crippen LogP contribution in [0.15, 0.2) is 54.6 Å². The van der Waals surface area contributed by atoms with E-state index in [0.29, 0.717) is 11.3 Å². The Morgan fingerprint density at radius 1 is 1.09 bits per heavy atom. The summed E-state index contributed by atoms with van der Waals surface area (Å²) in [4.78, 5) is 50.5. The molecule has 2 saturated heterocycles. The monoisotopic (exact) mass is 483 g/mol. The molecule has 3 N–H and O–H groups in total. The van der Waals surface area contributed by atoms with Gasteiger partial charge in [-0.1, -0.05) is 48.5 Å². The number of carbonyl (C=O) groups excluding carboxylic acids is 3. The molecule has 10 heteroatoms. The van der Waals surface area contributed by atoms with Gasteiger partial charge in [0.1, 0.15) is 24.1 Å². The first-order chi connectivity index (χ1) is 16.2. The van der Waals surface area contributed by atoms with Crippen LogP contribution in [0.4, 0.5) is 10.5 Å². The summed E-state index contributed by atoms with van der Waals surface area (Å²) < 4.78 is 4.58. The van der Waals surface area contributed by atoms with Crippen LogP contribution >= 0.6 is 11.8 Å². The van der Waals surface area contributed by atoms with Gasteiger partial charge in [-0.2, -0.15) is 0 Å². The van der Waals surface area contributed by atoms with Gasteiger partial charge in [0.15, 0.2) is 0 Å². The van der Waals surface area contributed by atoms with E-state index in [0.717, 1.165) is 5.56 Å². The molecule has 3 amide bonds. The average Bonchev–Trinajstić information content (AvgIpc) is 3.06. The van der Waals surface area contributed by atoms with E-state index >= 15 is 0 Å². The number of amides is 3. The Labute approximate surface area is 200 Å². The predicted octanol–water partition coefficient (Wildman–Crippen LogP) is 2.61. The second-order valence-electron chi connectivity index (χ2n) is 8.66. The highest BCUT2D eigenvalue weighted by Crippen LogP contribution is 2.50. The maximum absolute atomic E-state index is 12.7. The van der Waals surface area contributed by atoms with Gasteiger partial charge < -0.3 is 20.1 Å². The van der Waals surface area contributed by atoms with Crippen molar-refractivity contribution in [1.29, 1.82) is 0 Å². The fourth-order valence-electron chi connectivity index (χ4n) is 4.21. The number of nitrogens with zero attached hydrogens (tertiary/aromatic N) is 1. The van der Waals surface area contributed by atoms with Gasteiger partial charge in [0.25, 0.3) is 0 Å². The molecule has 0 saturated carbocycles. The van der Waals surface area contributed by atoms with Crippen molar-refractivity contribution in [1.82, 2.24) is 10.2 Å². The number of rotatable bonds is 7. The number of carboxylic acids is 1. The molecule has 3 atom stereocenters. The van der Waals surface area contributed by atoms with Crippen LogP contribution < -0.4 is 10.6 Å². The van der Waals surface area contributed by atoms with E-state index < -0.39 is 46.1 Å². The van der Waals surface area contributed by atoms with Crippen LogP contribution in [-0.2, 0) is 32.1 Å². The van der Waals surface area contributed by atoms with E-state index in [4.69, 9.17) is 4.74 Å². The molecule has 2 fully saturated rings. The van der Waals surface area contributed by atoms with Crippen LogP contribution in [0.3, 0.4) is 0 Å². The summed E-state index contributed by atoms with van der Waals surface area (Å²) in [6.07, 6.45) is -0.715. The number of carbonyl (C=O) groups is 4. The molecule has 2 aromatic rings. The van der Waals surface area contributed by atoms with Gasteiger partial charge in [-0.3, -0.25) is 14.9 Å². The molecular weight excluding hydrogens is 458 g/mol. The van der Waals surface area contributed by atoms with Gasteiger partial charge in [0, 0.05) is 10.4 Å². The molecule has 4 rings (SSSR count). The SMILES string of the molecule is CC1(C)S[C@@H]2C(NC(=O)Cc3ccccc3NC(=O)OCc3ccccc3)C(=O)N2[C@H]1C(=O)O. The third-order valence-corrected chi connectivity index (χ3v) is 7.38. The Morgan fingerprint density at radius 3 is 2.47 bits per heavy atom.